The molecule has 0 bridgehead atoms. The van der Waals surface area contributed by atoms with Crippen LogP contribution < -0.4 is 5.73 Å². The molecule has 0 aliphatic heterocycles. The number of hydrogen-bond donors (Lipinski definition) is 1. The molecule has 1 aliphatic carbocycles. The van der Waals surface area contributed by atoms with Crippen molar-refractivity contribution in [1.29, 1.82) is 0 Å². The molecule has 0 heterocycles. The van der Waals surface area contributed by atoms with Gasteiger partial charge < -0.3 is 5.73 Å². The first-order valence-electron chi connectivity index (χ1n) is 5.70. The van der Waals surface area contributed by atoms with Crippen molar-refractivity contribution in [3.05, 3.63) is 28.8 Å². The van der Waals surface area contributed by atoms with Gasteiger partial charge in [-0.3, -0.25) is 4.90 Å². The Morgan fingerprint density at radius 2 is 2.00 bits per heavy atom. The molecule has 18 heavy (non-hydrogen) atoms. The highest BCUT2D eigenvalue weighted by Crippen LogP contribution is 2.32. The van der Waals surface area contributed by atoms with Gasteiger partial charge in [-0.25, -0.2) is 0 Å². The number of nitrogen functional groups attached to an aromatic ring is 1. The maximum Gasteiger partial charge on any atom is 0.401 e. The Balaban J connectivity index is 2.08. The van der Waals surface area contributed by atoms with Gasteiger partial charge in [0.1, 0.15) is 0 Å². The lowest BCUT2D eigenvalue weighted by Crippen LogP contribution is -2.35. The molecule has 100 valence electrons. The van der Waals surface area contributed by atoms with E-state index in [-0.39, 0.29) is 12.6 Å². The Kier molecular flexibility index (Phi) is 3.73. The molecule has 0 aromatic heterocycles. The van der Waals surface area contributed by atoms with Crippen LogP contribution in [0.15, 0.2) is 18.2 Å². The van der Waals surface area contributed by atoms with Crippen molar-refractivity contribution in [3.63, 3.8) is 0 Å². The van der Waals surface area contributed by atoms with Gasteiger partial charge in [0.05, 0.1) is 6.54 Å². The van der Waals surface area contributed by atoms with E-state index in [0.29, 0.717) is 16.3 Å². The fourth-order valence-electron chi connectivity index (χ4n) is 1.89. The summed E-state index contributed by atoms with van der Waals surface area (Å²) in [5, 5.41) is 0.419. The zero-order valence-corrected chi connectivity index (χ0v) is 10.4. The van der Waals surface area contributed by atoms with Crippen molar-refractivity contribution >= 4 is 17.3 Å². The summed E-state index contributed by atoms with van der Waals surface area (Å²) in [4.78, 5) is 1.43. The standard InChI is InChI=1S/C12H14ClF3N2/c13-11-5-9(17)2-1-8(11)6-18(10-3-4-10)7-12(14,15)16/h1-2,5,10H,3-4,6-7,17H2. The van der Waals surface area contributed by atoms with E-state index in [0.717, 1.165) is 12.8 Å². The van der Waals surface area contributed by atoms with Crippen molar-refractivity contribution in [2.24, 2.45) is 0 Å². The first-order chi connectivity index (χ1) is 8.35. The molecule has 1 saturated carbocycles. The zero-order valence-electron chi connectivity index (χ0n) is 9.67. The summed E-state index contributed by atoms with van der Waals surface area (Å²) in [5.74, 6) is 0. The number of benzene rings is 1. The molecule has 6 heteroatoms. The molecule has 0 atom stereocenters. The summed E-state index contributed by atoms with van der Waals surface area (Å²) in [6.07, 6.45) is -2.53. The number of nitrogens with two attached hydrogens (primary N) is 1. The van der Waals surface area contributed by atoms with Crippen LogP contribution in [0.3, 0.4) is 0 Å². The first-order valence-corrected chi connectivity index (χ1v) is 6.07. The second-order valence-corrected chi connectivity index (χ2v) is 5.01. The summed E-state index contributed by atoms with van der Waals surface area (Å²) in [5.41, 5.74) is 6.75. The van der Waals surface area contributed by atoms with Gasteiger partial charge in [0.2, 0.25) is 0 Å². The largest absolute Gasteiger partial charge is 0.401 e. The summed E-state index contributed by atoms with van der Waals surface area (Å²) < 4.78 is 37.4. The van der Waals surface area contributed by atoms with Crippen molar-refractivity contribution in [3.8, 4) is 0 Å². The Morgan fingerprint density at radius 1 is 1.33 bits per heavy atom. The molecule has 0 amide bonds. The van der Waals surface area contributed by atoms with Crippen LogP contribution in [-0.4, -0.2) is 23.7 Å². The average Bonchev–Trinajstić information content (AvgIpc) is 3.02. The summed E-state index contributed by atoms with van der Waals surface area (Å²) in [6.45, 7) is -0.679. The molecule has 1 fully saturated rings. The van der Waals surface area contributed by atoms with E-state index in [2.05, 4.69) is 0 Å². The number of halogens is 4. The minimum absolute atomic E-state index is 0.0280. The molecular formula is C12H14ClF3N2. The molecule has 0 radical (unpaired) electrons. The molecule has 0 spiro atoms. The molecule has 0 saturated heterocycles. The maximum atomic E-state index is 12.5. The minimum Gasteiger partial charge on any atom is -0.399 e. The van der Waals surface area contributed by atoms with Crippen LogP contribution in [0.1, 0.15) is 18.4 Å². The maximum absolute atomic E-state index is 12.5. The molecule has 1 aromatic carbocycles. The number of alkyl halides is 3. The third kappa shape index (κ3) is 3.78. The van der Waals surface area contributed by atoms with E-state index in [4.69, 9.17) is 17.3 Å². The normalized spacial score (nSPS) is 16.3. The summed E-state index contributed by atoms with van der Waals surface area (Å²) in [6, 6.07) is 4.93. The lowest BCUT2D eigenvalue weighted by molar-refractivity contribution is -0.148. The van der Waals surface area contributed by atoms with E-state index in [1.165, 1.54) is 4.90 Å². The van der Waals surface area contributed by atoms with Gasteiger partial charge in [-0.15, -0.1) is 0 Å². The molecule has 1 aliphatic rings. The van der Waals surface area contributed by atoms with Crippen LogP contribution in [-0.2, 0) is 6.54 Å². The van der Waals surface area contributed by atoms with Gasteiger partial charge in [-0.1, -0.05) is 17.7 Å². The Bertz CT molecular complexity index is 430. The highest BCUT2D eigenvalue weighted by atomic mass is 35.5. The van der Waals surface area contributed by atoms with E-state index in [9.17, 15) is 13.2 Å². The molecule has 1 aromatic rings. The molecule has 2 nitrogen and oxygen atoms in total. The van der Waals surface area contributed by atoms with Gasteiger partial charge in [-0.05, 0) is 30.5 Å². The highest BCUT2D eigenvalue weighted by Gasteiger charge is 2.38. The predicted octanol–water partition coefficient (Wildman–Crippen LogP) is 3.45. The van der Waals surface area contributed by atoms with Crippen molar-refractivity contribution in [2.45, 2.75) is 31.6 Å². The van der Waals surface area contributed by atoms with Crippen LogP contribution in [0.2, 0.25) is 5.02 Å². The lowest BCUT2D eigenvalue weighted by atomic mass is 10.2. The van der Waals surface area contributed by atoms with Crippen LogP contribution in [0.4, 0.5) is 18.9 Å². The van der Waals surface area contributed by atoms with Crippen molar-refractivity contribution in [2.75, 3.05) is 12.3 Å². The van der Waals surface area contributed by atoms with Crippen LogP contribution in [0, 0.1) is 0 Å². The molecule has 2 N–H and O–H groups in total. The smallest absolute Gasteiger partial charge is 0.399 e. The summed E-state index contributed by atoms with van der Waals surface area (Å²) in [7, 11) is 0. The second kappa shape index (κ2) is 4.97. The third-order valence-corrected chi connectivity index (χ3v) is 3.25. The van der Waals surface area contributed by atoms with Crippen molar-refractivity contribution < 1.29 is 13.2 Å². The summed E-state index contributed by atoms with van der Waals surface area (Å²) >= 11 is 5.98. The number of nitrogens with zero attached hydrogens (tertiary/aromatic N) is 1. The Hall–Kier alpha value is -0.940. The van der Waals surface area contributed by atoms with Crippen LogP contribution >= 0.6 is 11.6 Å². The first kappa shape index (κ1) is 13.5. The van der Waals surface area contributed by atoms with Crippen LogP contribution in [0.5, 0.6) is 0 Å². The topological polar surface area (TPSA) is 29.3 Å². The van der Waals surface area contributed by atoms with E-state index in [1.54, 1.807) is 18.2 Å². The average molecular weight is 279 g/mol. The lowest BCUT2D eigenvalue weighted by Gasteiger charge is -2.23. The van der Waals surface area contributed by atoms with Gasteiger partial charge in [0.15, 0.2) is 0 Å². The van der Waals surface area contributed by atoms with E-state index >= 15 is 0 Å². The van der Waals surface area contributed by atoms with E-state index in [1.807, 2.05) is 0 Å². The van der Waals surface area contributed by atoms with Gasteiger partial charge in [-0.2, -0.15) is 13.2 Å². The van der Waals surface area contributed by atoms with Gasteiger partial charge in [0, 0.05) is 23.3 Å². The minimum atomic E-state index is -4.18. The number of anilines is 1. The Morgan fingerprint density at radius 3 is 2.50 bits per heavy atom. The SMILES string of the molecule is Nc1ccc(CN(CC(F)(F)F)C2CC2)c(Cl)c1. The Labute approximate surface area is 109 Å². The van der Waals surface area contributed by atoms with Gasteiger partial charge in [0.25, 0.3) is 0 Å². The fraction of sp³-hybridized carbons (Fsp3) is 0.500. The quantitative estimate of drug-likeness (QED) is 0.855. The second-order valence-electron chi connectivity index (χ2n) is 4.60. The van der Waals surface area contributed by atoms with Gasteiger partial charge >= 0.3 is 6.18 Å². The zero-order chi connectivity index (χ0) is 13.3. The molecular weight excluding hydrogens is 265 g/mol. The number of hydrogen-bond acceptors (Lipinski definition) is 2. The predicted molar refractivity (Wildman–Crippen MR) is 65.4 cm³/mol. The number of rotatable bonds is 4. The highest BCUT2D eigenvalue weighted by molar-refractivity contribution is 6.31. The third-order valence-electron chi connectivity index (χ3n) is 2.90. The monoisotopic (exact) mass is 278 g/mol. The van der Waals surface area contributed by atoms with Crippen molar-refractivity contribution in [1.82, 2.24) is 4.90 Å². The molecule has 2 rings (SSSR count). The molecule has 0 unspecified atom stereocenters. The fourth-order valence-corrected chi connectivity index (χ4v) is 2.14. The van der Waals surface area contributed by atoms with Crippen LogP contribution in [0.25, 0.3) is 0 Å². The van der Waals surface area contributed by atoms with E-state index < -0.39 is 12.7 Å².